The molecular formula is C24H26N2O3. The standard InChI is InChI=1S/C24H26N2O3/c1-2-16-6-5-7-18-20(14-25-24(16)18)19(13-23(27)26-10-3-4-11-26)17-8-9-21-22(12-17)29-15-28-21/h5-9,12,14,19,25H,2-4,10-11,13,15H2,1H3/t19-/m0/s1. The molecule has 0 unspecified atom stereocenters. The minimum Gasteiger partial charge on any atom is -0.454 e. The van der Waals surface area contributed by atoms with Gasteiger partial charge in [0.2, 0.25) is 12.7 Å². The zero-order chi connectivity index (χ0) is 19.8. The highest BCUT2D eigenvalue weighted by molar-refractivity contribution is 5.88. The summed E-state index contributed by atoms with van der Waals surface area (Å²) in [4.78, 5) is 18.6. The second-order valence-electron chi connectivity index (χ2n) is 7.89. The second-order valence-corrected chi connectivity index (χ2v) is 7.89. The van der Waals surface area contributed by atoms with Gasteiger partial charge in [0, 0.05) is 42.5 Å². The van der Waals surface area contributed by atoms with Crippen LogP contribution in [0.4, 0.5) is 0 Å². The summed E-state index contributed by atoms with van der Waals surface area (Å²) in [6.07, 6.45) is 5.72. The fourth-order valence-corrected chi connectivity index (χ4v) is 4.63. The first kappa shape index (κ1) is 18.1. The van der Waals surface area contributed by atoms with E-state index in [2.05, 4.69) is 42.4 Å². The number of likely N-dealkylation sites (tertiary alicyclic amines) is 1. The van der Waals surface area contributed by atoms with E-state index >= 15 is 0 Å². The van der Waals surface area contributed by atoms with Gasteiger partial charge in [0.15, 0.2) is 11.5 Å². The van der Waals surface area contributed by atoms with Gasteiger partial charge < -0.3 is 19.4 Å². The molecule has 2 aromatic carbocycles. The van der Waals surface area contributed by atoms with Crippen molar-refractivity contribution < 1.29 is 14.3 Å². The first-order valence-corrected chi connectivity index (χ1v) is 10.5. The average Bonchev–Trinajstić information content (AvgIpc) is 3.51. The number of nitrogens with one attached hydrogen (secondary N) is 1. The maximum Gasteiger partial charge on any atom is 0.231 e. The topological polar surface area (TPSA) is 54.6 Å². The molecule has 2 aliphatic rings. The molecule has 1 amide bonds. The van der Waals surface area contributed by atoms with Crippen LogP contribution in [0.2, 0.25) is 0 Å². The third-order valence-corrected chi connectivity index (χ3v) is 6.23. The number of hydrogen-bond donors (Lipinski definition) is 1. The van der Waals surface area contributed by atoms with Crippen LogP contribution in [0.1, 0.15) is 48.8 Å². The Kier molecular flexibility index (Phi) is 4.66. The van der Waals surface area contributed by atoms with Crippen molar-refractivity contribution in [3.8, 4) is 11.5 Å². The largest absolute Gasteiger partial charge is 0.454 e. The van der Waals surface area contributed by atoms with Crippen LogP contribution in [0.25, 0.3) is 10.9 Å². The van der Waals surface area contributed by atoms with E-state index in [-0.39, 0.29) is 18.6 Å². The Labute approximate surface area is 170 Å². The van der Waals surface area contributed by atoms with Gasteiger partial charge in [0.25, 0.3) is 0 Å². The molecule has 0 radical (unpaired) electrons. The van der Waals surface area contributed by atoms with Crippen LogP contribution in [0.5, 0.6) is 11.5 Å². The number of hydrogen-bond acceptors (Lipinski definition) is 3. The predicted molar refractivity (Wildman–Crippen MR) is 113 cm³/mol. The predicted octanol–water partition coefficient (Wildman–Crippen LogP) is 4.60. The minimum atomic E-state index is -0.0292. The number of rotatable bonds is 5. The number of aryl methyl sites for hydroxylation is 1. The number of carbonyl (C=O) groups excluding carboxylic acids is 1. The third kappa shape index (κ3) is 3.24. The fourth-order valence-electron chi connectivity index (χ4n) is 4.63. The van der Waals surface area contributed by atoms with Crippen molar-refractivity contribution in [3.05, 3.63) is 59.3 Å². The number of ether oxygens (including phenoxy) is 2. The van der Waals surface area contributed by atoms with Crippen molar-refractivity contribution in [2.75, 3.05) is 19.9 Å². The summed E-state index contributed by atoms with van der Waals surface area (Å²) >= 11 is 0. The molecule has 5 nitrogen and oxygen atoms in total. The Morgan fingerprint density at radius 2 is 1.97 bits per heavy atom. The summed E-state index contributed by atoms with van der Waals surface area (Å²) in [5, 5.41) is 1.20. The van der Waals surface area contributed by atoms with Gasteiger partial charge in [-0.05, 0) is 48.1 Å². The molecule has 3 heterocycles. The molecular weight excluding hydrogens is 364 g/mol. The van der Waals surface area contributed by atoms with Crippen LogP contribution in [0.3, 0.4) is 0 Å². The number of amides is 1. The lowest BCUT2D eigenvalue weighted by atomic mass is 9.87. The SMILES string of the molecule is CCc1cccc2c([C@@H](CC(=O)N3CCCC3)c3ccc4c(c3)OCO4)c[nH]c12. The van der Waals surface area contributed by atoms with Gasteiger partial charge in [-0.3, -0.25) is 4.79 Å². The maximum atomic E-state index is 13.1. The van der Waals surface area contributed by atoms with Crippen LogP contribution in [-0.4, -0.2) is 35.7 Å². The van der Waals surface area contributed by atoms with E-state index in [1.807, 2.05) is 17.0 Å². The van der Waals surface area contributed by atoms with Crippen LogP contribution >= 0.6 is 0 Å². The molecule has 29 heavy (non-hydrogen) atoms. The lowest BCUT2D eigenvalue weighted by molar-refractivity contribution is -0.130. The van der Waals surface area contributed by atoms with E-state index in [0.717, 1.165) is 49.4 Å². The highest BCUT2D eigenvalue weighted by Gasteiger charge is 2.27. The van der Waals surface area contributed by atoms with E-state index < -0.39 is 0 Å². The summed E-state index contributed by atoms with van der Waals surface area (Å²) < 4.78 is 11.1. The molecule has 3 aromatic rings. The number of benzene rings is 2. The van der Waals surface area contributed by atoms with Crippen molar-refractivity contribution in [1.29, 1.82) is 0 Å². The molecule has 1 saturated heterocycles. The molecule has 150 valence electrons. The van der Waals surface area contributed by atoms with Gasteiger partial charge in [-0.2, -0.15) is 0 Å². The molecule has 0 bridgehead atoms. The van der Waals surface area contributed by atoms with E-state index in [1.54, 1.807) is 0 Å². The molecule has 1 atom stereocenters. The van der Waals surface area contributed by atoms with Gasteiger partial charge in [0.1, 0.15) is 0 Å². The van der Waals surface area contributed by atoms with E-state index in [9.17, 15) is 4.79 Å². The first-order chi connectivity index (χ1) is 14.2. The highest BCUT2D eigenvalue weighted by Crippen LogP contribution is 2.40. The zero-order valence-electron chi connectivity index (χ0n) is 16.7. The molecule has 5 heteroatoms. The number of carbonyl (C=O) groups is 1. The third-order valence-electron chi connectivity index (χ3n) is 6.23. The molecule has 1 aromatic heterocycles. The van der Waals surface area contributed by atoms with Crippen molar-refractivity contribution in [2.24, 2.45) is 0 Å². The summed E-state index contributed by atoms with van der Waals surface area (Å²) in [5.41, 5.74) is 4.72. The Morgan fingerprint density at radius 1 is 1.14 bits per heavy atom. The summed E-state index contributed by atoms with van der Waals surface area (Å²) in [7, 11) is 0. The molecule has 1 N–H and O–H groups in total. The van der Waals surface area contributed by atoms with Crippen molar-refractivity contribution >= 4 is 16.8 Å². The number of para-hydroxylation sites is 1. The van der Waals surface area contributed by atoms with Crippen LogP contribution < -0.4 is 9.47 Å². The number of H-pyrrole nitrogens is 1. The summed E-state index contributed by atoms with van der Waals surface area (Å²) in [6, 6.07) is 12.5. The number of nitrogens with zero attached hydrogens (tertiary/aromatic N) is 1. The Balaban J connectivity index is 1.57. The fraction of sp³-hybridized carbons (Fsp3) is 0.375. The number of aromatic nitrogens is 1. The van der Waals surface area contributed by atoms with E-state index in [0.29, 0.717) is 6.42 Å². The lowest BCUT2D eigenvalue weighted by Gasteiger charge is -2.22. The number of aromatic amines is 1. The monoisotopic (exact) mass is 390 g/mol. The second kappa shape index (κ2) is 7.47. The molecule has 2 aliphatic heterocycles. The van der Waals surface area contributed by atoms with Gasteiger partial charge in [0.05, 0.1) is 0 Å². The zero-order valence-corrected chi connectivity index (χ0v) is 16.7. The van der Waals surface area contributed by atoms with Crippen LogP contribution in [0.15, 0.2) is 42.6 Å². The van der Waals surface area contributed by atoms with E-state index in [4.69, 9.17) is 9.47 Å². The van der Waals surface area contributed by atoms with Crippen molar-refractivity contribution in [1.82, 2.24) is 9.88 Å². The average molecular weight is 390 g/mol. The van der Waals surface area contributed by atoms with Crippen LogP contribution in [-0.2, 0) is 11.2 Å². The maximum absolute atomic E-state index is 13.1. The molecule has 0 aliphatic carbocycles. The first-order valence-electron chi connectivity index (χ1n) is 10.5. The Hall–Kier alpha value is -2.95. The summed E-state index contributed by atoms with van der Waals surface area (Å²) in [5.74, 6) is 1.73. The molecule has 1 fully saturated rings. The van der Waals surface area contributed by atoms with E-state index in [1.165, 1.54) is 22.0 Å². The van der Waals surface area contributed by atoms with Gasteiger partial charge in [-0.1, -0.05) is 31.2 Å². The Bertz CT molecular complexity index is 1050. The van der Waals surface area contributed by atoms with Gasteiger partial charge in [-0.25, -0.2) is 0 Å². The molecule has 0 saturated carbocycles. The van der Waals surface area contributed by atoms with Gasteiger partial charge in [-0.15, -0.1) is 0 Å². The lowest BCUT2D eigenvalue weighted by Crippen LogP contribution is -2.29. The van der Waals surface area contributed by atoms with Crippen molar-refractivity contribution in [3.63, 3.8) is 0 Å². The van der Waals surface area contributed by atoms with Crippen molar-refractivity contribution in [2.45, 2.75) is 38.5 Å². The van der Waals surface area contributed by atoms with Crippen LogP contribution in [0, 0.1) is 0 Å². The summed E-state index contributed by atoms with van der Waals surface area (Å²) in [6.45, 7) is 4.17. The smallest absolute Gasteiger partial charge is 0.231 e. The highest BCUT2D eigenvalue weighted by atomic mass is 16.7. The quantitative estimate of drug-likeness (QED) is 0.692. The molecule has 5 rings (SSSR count). The Morgan fingerprint density at radius 3 is 2.79 bits per heavy atom. The number of fused-ring (bicyclic) bond motifs is 2. The normalized spacial score (nSPS) is 16.5. The molecule has 0 spiro atoms. The minimum absolute atomic E-state index is 0.0292. The van der Waals surface area contributed by atoms with Gasteiger partial charge >= 0.3 is 0 Å².